The van der Waals surface area contributed by atoms with Gasteiger partial charge in [-0.3, -0.25) is 4.98 Å². The van der Waals surface area contributed by atoms with Crippen LogP contribution >= 0.6 is 0 Å². The van der Waals surface area contributed by atoms with Gasteiger partial charge in [0.05, 0.1) is 0 Å². The molecule has 0 fully saturated rings. The quantitative estimate of drug-likeness (QED) is 0.801. The molecule has 0 aromatic carbocycles. The highest BCUT2D eigenvalue weighted by atomic mass is 14.9. The summed E-state index contributed by atoms with van der Waals surface area (Å²) in [5, 5.41) is 3.47. The molecule has 0 bridgehead atoms. The summed E-state index contributed by atoms with van der Waals surface area (Å²) in [6, 6.07) is 4.79. The minimum absolute atomic E-state index is 0.496. The Balaban J connectivity index is 2.77. The molecule has 0 aliphatic heterocycles. The monoisotopic (exact) mass is 206 g/mol. The Morgan fingerprint density at radius 2 is 2.07 bits per heavy atom. The van der Waals surface area contributed by atoms with E-state index in [1.807, 2.05) is 6.20 Å². The third-order valence-corrected chi connectivity index (χ3v) is 2.88. The topological polar surface area (TPSA) is 24.9 Å². The number of aromatic nitrogens is 1. The average Bonchev–Trinajstić information content (AvgIpc) is 2.22. The van der Waals surface area contributed by atoms with Crippen LogP contribution in [0.3, 0.4) is 0 Å². The van der Waals surface area contributed by atoms with Crippen molar-refractivity contribution in [3.63, 3.8) is 0 Å². The summed E-state index contributed by atoms with van der Waals surface area (Å²) in [7, 11) is 0. The first-order valence-corrected chi connectivity index (χ1v) is 5.85. The van der Waals surface area contributed by atoms with Crippen LogP contribution in [-0.2, 0) is 0 Å². The molecule has 0 amide bonds. The molecule has 0 aliphatic rings. The predicted molar refractivity (Wildman–Crippen MR) is 65.1 cm³/mol. The Hall–Kier alpha value is -0.890. The molecule has 1 rings (SSSR count). The average molecular weight is 206 g/mol. The van der Waals surface area contributed by atoms with E-state index in [1.165, 1.54) is 11.3 Å². The molecule has 1 N–H and O–H groups in total. The first-order valence-electron chi connectivity index (χ1n) is 5.85. The van der Waals surface area contributed by atoms with Crippen LogP contribution in [0.4, 0.5) is 0 Å². The second-order valence-corrected chi connectivity index (χ2v) is 4.12. The van der Waals surface area contributed by atoms with Crippen molar-refractivity contribution in [2.24, 2.45) is 0 Å². The van der Waals surface area contributed by atoms with Gasteiger partial charge in [-0.15, -0.1) is 0 Å². The Morgan fingerprint density at radius 1 is 1.33 bits per heavy atom. The van der Waals surface area contributed by atoms with Crippen molar-refractivity contribution >= 4 is 0 Å². The molecule has 0 spiro atoms. The van der Waals surface area contributed by atoms with Gasteiger partial charge in [0.2, 0.25) is 0 Å². The first kappa shape index (κ1) is 12.2. The number of aryl methyl sites for hydroxylation is 1. The fourth-order valence-electron chi connectivity index (χ4n) is 1.98. The molecule has 0 aliphatic carbocycles. The van der Waals surface area contributed by atoms with E-state index in [9.17, 15) is 0 Å². The van der Waals surface area contributed by atoms with Crippen molar-refractivity contribution < 1.29 is 0 Å². The third kappa shape index (κ3) is 3.31. The van der Waals surface area contributed by atoms with Crippen molar-refractivity contribution in [1.29, 1.82) is 0 Å². The summed E-state index contributed by atoms with van der Waals surface area (Å²) in [5.74, 6) is 0.519. The zero-order valence-corrected chi connectivity index (χ0v) is 10.2. The van der Waals surface area contributed by atoms with Crippen molar-refractivity contribution in [3.8, 4) is 0 Å². The first-order chi connectivity index (χ1) is 7.19. The number of pyridine rings is 1. The van der Waals surface area contributed by atoms with Gasteiger partial charge in [0, 0.05) is 23.9 Å². The molecule has 2 atom stereocenters. The van der Waals surface area contributed by atoms with E-state index >= 15 is 0 Å². The Morgan fingerprint density at radius 3 is 2.53 bits per heavy atom. The number of nitrogens with zero attached hydrogens (tertiary/aromatic N) is 1. The van der Waals surface area contributed by atoms with Gasteiger partial charge >= 0.3 is 0 Å². The van der Waals surface area contributed by atoms with Crippen LogP contribution in [0.1, 0.15) is 44.4 Å². The van der Waals surface area contributed by atoms with E-state index in [-0.39, 0.29) is 0 Å². The van der Waals surface area contributed by atoms with Crippen LogP contribution < -0.4 is 5.32 Å². The molecule has 1 aromatic rings. The fraction of sp³-hybridized carbons (Fsp3) is 0.615. The van der Waals surface area contributed by atoms with E-state index in [0.29, 0.717) is 12.0 Å². The fourth-order valence-corrected chi connectivity index (χ4v) is 1.98. The van der Waals surface area contributed by atoms with Gasteiger partial charge in [0.25, 0.3) is 0 Å². The molecule has 1 heterocycles. The minimum Gasteiger partial charge on any atom is -0.314 e. The maximum absolute atomic E-state index is 4.51. The van der Waals surface area contributed by atoms with Crippen LogP contribution in [0.15, 0.2) is 18.3 Å². The molecule has 15 heavy (non-hydrogen) atoms. The van der Waals surface area contributed by atoms with Crippen molar-refractivity contribution in [2.75, 3.05) is 6.54 Å². The summed E-state index contributed by atoms with van der Waals surface area (Å²) in [5.41, 5.74) is 2.43. The standard InChI is InChI=1S/C13H22N2/c1-5-12(11(4)14-6-2)13-8-7-10(3)9-15-13/h7-9,11-12,14H,5-6H2,1-4H3. The van der Waals surface area contributed by atoms with Gasteiger partial charge in [-0.1, -0.05) is 19.9 Å². The molecular formula is C13H22N2. The smallest absolute Gasteiger partial charge is 0.0450 e. The van der Waals surface area contributed by atoms with Gasteiger partial charge in [-0.2, -0.15) is 0 Å². The molecule has 0 radical (unpaired) electrons. The Kier molecular flexibility index (Phi) is 4.76. The van der Waals surface area contributed by atoms with Crippen LogP contribution in [0.2, 0.25) is 0 Å². The second-order valence-electron chi connectivity index (χ2n) is 4.12. The number of hydrogen-bond acceptors (Lipinski definition) is 2. The highest BCUT2D eigenvalue weighted by molar-refractivity contribution is 5.16. The maximum Gasteiger partial charge on any atom is 0.0450 e. The largest absolute Gasteiger partial charge is 0.314 e. The summed E-state index contributed by atoms with van der Waals surface area (Å²) in [6.07, 6.45) is 3.08. The van der Waals surface area contributed by atoms with E-state index in [2.05, 4.69) is 50.1 Å². The molecule has 2 nitrogen and oxygen atoms in total. The lowest BCUT2D eigenvalue weighted by Crippen LogP contribution is -2.32. The van der Waals surface area contributed by atoms with Crippen LogP contribution in [0, 0.1) is 6.92 Å². The van der Waals surface area contributed by atoms with Gasteiger partial charge in [-0.05, 0) is 38.4 Å². The van der Waals surface area contributed by atoms with Crippen LogP contribution in [0.25, 0.3) is 0 Å². The lowest BCUT2D eigenvalue weighted by molar-refractivity contribution is 0.453. The molecule has 0 saturated carbocycles. The lowest BCUT2D eigenvalue weighted by Gasteiger charge is -2.22. The molecule has 1 aromatic heterocycles. The Bertz CT molecular complexity index is 279. The number of nitrogens with one attached hydrogen (secondary N) is 1. The molecular weight excluding hydrogens is 184 g/mol. The molecule has 2 unspecified atom stereocenters. The maximum atomic E-state index is 4.51. The van der Waals surface area contributed by atoms with E-state index < -0.39 is 0 Å². The number of rotatable bonds is 5. The zero-order chi connectivity index (χ0) is 11.3. The highest BCUT2D eigenvalue weighted by Gasteiger charge is 2.17. The van der Waals surface area contributed by atoms with Crippen LogP contribution in [0.5, 0.6) is 0 Å². The molecule has 84 valence electrons. The van der Waals surface area contributed by atoms with Crippen molar-refractivity contribution in [3.05, 3.63) is 29.6 Å². The summed E-state index contributed by atoms with van der Waals surface area (Å²) in [6.45, 7) is 9.69. The highest BCUT2D eigenvalue weighted by Crippen LogP contribution is 2.21. The summed E-state index contributed by atoms with van der Waals surface area (Å²) < 4.78 is 0. The minimum atomic E-state index is 0.496. The SMILES string of the molecule is CCNC(C)C(CC)c1ccc(C)cn1. The van der Waals surface area contributed by atoms with Gasteiger partial charge in [-0.25, -0.2) is 0 Å². The van der Waals surface area contributed by atoms with Gasteiger partial charge < -0.3 is 5.32 Å². The lowest BCUT2D eigenvalue weighted by atomic mass is 9.94. The van der Waals surface area contributed by atoms with Gasteiger partial charge in [0.15, 0.2) is 0 Å². The van der Waals surface area contributed by atoms with E-state index in [1.54, 1.807) is 0 Å². The Labute approximate surface area is 93.1 Å². The molecule has 2 heteroatoms. The third-order valence-electron chi connectivity index (χ3n) is 2.88. The number of likely N-dealkylation sites (N-methyl/N-ethyl adjacent to an activating group) is 1. The predicted octanol–water partition coefficient (Wildman–Crippen LogP) is 2.88. The van der Waals surface area contributed by atoms with Crippen molar-refractivity contribution in [1.82, 2.24) is 10.3 Å². The summed E-state index contributed by atoms with van der Waals surface area (Å²) >= 11 is 0. The number of hydrogen-bond donors (Lipinski definition) is 1. The second kappa shape index (κ2) is 5.86. The van der Waals surface area contributed by atoms with Crippen LogP contribution in [-0.4, -0.2) is 17.6 Å². The van der Waals surface area contributed by atoms with E-state index in [0.717, 1.165) is 13.0 Å². The molecule has 0 saturated heterocycles. The van der Waals surface area contributed by atoms with E-state index in [4.69, 9.17) is 0 Å². The normalized spacial score (nSPS) is 14.9. The van der Waals surface area contributed by atoms with Gasteiger partial charge in [0.1, 0.15) is 0 Å². The van der Waals surface area contributed by atoms with Crippen molar-refractivity contribution in [2.45, 2.75) is 46.1 Å². The zero-order valence-electron chi connectivity index (χ0n) is 10.2. The summed E-state index contributed by atoms with van der Waals surface area (Å²) in [4.78, 5) is 4.51.